The number of piperazine rings is 1. The van der Waals surface area contributed by atoms with Crippen molar-refractivity contribution in [1.29, 1.82) is 0 Å². The SMILES string of the molecule is CN=C(NCc1ccc(NCCOC)cc1)N1CCN(c2ccc(OC)cc2)CC1. The van der Waals surface area contributed by atoms with Gasteiger partial charge in [-0.2, -0.15) is 0 Å². The standard InChI is InChI=1S/C23H33N5O2/c1-24-23(26-18-19-4-6-20(7-5-19)25-12-17-29-2)28-15-13-27(14-16-28)21-8-10-22(30-3)11-9-21/h4-11,25H,12-18H2,1-3H3,(H,24,26). The van der Waals surface area contributed by atoms with E-state index in [9.17, 15) is 0 Å². The molecule has 0 aromatic heterocycles. The topological polar surface area (TPSA) is 61.4 Å². The fourth-order valence-electron chi connectivity index (χ4n) is 3.52. The van der Waals surface area contributed by atoms with E-state index in [1.807, 2.05) is 19.2 Å². The molecule has 7 nitrogen and oxygen atoms in total. The molecule has 30 heavy (non-hydrogen) atoms. The number of methoxy groups -OCH3 is 2. The number of hydrogen-bond donors (Lipinski definition) is 2. The minimum absolute atomic E-state index is 0.700. The highest BCUT2D eigenvalue weighted by Crippen LogP contribution is 2.20. The summed E-state index contributed by atoms with van der Waals surface area (Å²) < 4.78 is 10.3. The highest BCUT2D eigenvalue weighted by molar-refractivity contribution is 5.80. The summed E-state index contributed by atoms with van der Waals surface area (Å²) in [5.41, 5.74) is 3.57. The molecule has 2 N–H and O–H groups in total. The number of nitrogens with zero attached hydrogens (tertiary/aromatic N) is 3. The summed E-state index contributed by atoms with van der Waals surface area (Å²) in [5.74, 6) is 1.84. The summed E-state index contributed by atoms with van der Waals surface area (Å²) in [6.07, 6.45) is 0. The van der Waals surface area contributed by atoms with Gasteiger partial charge >= 0.3 is 0 Å². The minimum Gasteiger partial charge on any atom is -0.497 e. The van der Waals surface area contributed by atoms with Gasteiger partial charge in [-0.05, 0) is 42.0 Å². The van der Waals surface area contributed by atoms with E-state index in [0.717, 1.165) is 56.7 Å². The van der Waals surface area contributed by atoms with E-state index in [1.54, 1.807) is 14.2 Å². The second kappa shape index (κ2) is 11.3. The zero-order valence-electron chi connectivity index (χ0n) is 18.2. The maximum atomic E-state index is 5.25. The van der Waals surface area contributed by atoms with Gasteiger partial charge in [0.05, 0.1) is 13.7 Å². The molecule has 1 heterocycles. The van der Waals surface area contributed by atoms with E-state index >= 15 is 0 Å². The van der Waals surface area contributed by atoms with Gasteiger partial charge in [0.25, 0.3) is 0 Å². The Labute approximate surface area is 179 Å². The predicted molar refractivity (Wildman–Crippen MR) is 124 cm³/mol. The van der Waals surface area contributed by atoms with Crippen LogP contribution >= 0.6 is 0 Å². The van der Waals surface area contributed by atoms with Gasteiger partial charge in [0.15, 0.2) is 5.96 Å². The quantitative estimate of drug-likeness (QED) is 0.396. The molecule has 2 aromatic carbocycles. The van der Waals surface area contributed by atoms with E-state index < -0.39 is 0 Å². The van der Waals surface area contributed by atoms with E-state index in [-0.39, 0.29) is 0 Å². The Morgan fingerprint density at radius 3 is 2.27 bits per heavy atom. The van der Waals surface area contributed by atoms with Crippen LogP contribution in [0.15, 0.2) is 53.5 Å². The Balaban J connectivity index is 1.46. The van der Waals surface area contributed by atoms with Crippen LogP contribution in [-0.2, 0) is 11.3 Å². The summed E-state index contributed by atoms with van der Waals surface area (Å²) in [4.78, 5) is 9.21. The Morgan fingerprint density at radius 2 is 1.67 bits per heavy atom. The molecule has 1 fully saturated rings. The van der Waals surface area contributed by atoms with Gasteiger partial charge in [0.1, 0.15) is 5.75 Å². The minimum atomic E-state index is 0.700. The maximum absolute atomic E-state index is 5.25. The number of aliphatic imine (C=N–C) groups is 1. The third-order valence-electron chi connectivity index (χ3n) is 5.27. The number of benzene rings is 2. The number of guanidine groups is 1. The van der Waals surface area contributed by atoms with Gasteiger partial charge in [-0.15, -0.1) is 0 Å². The first-order valence-electron chi connectivity index (χ1n) is 10.4. The Hall–Kier alpha value is -2.93. The molecule has 0 unspecified atom stereocenters. The van der Waals surface area contributed by atoms with Crippen LogP contribution in [0.2, 0.25) is 0 Å². The molecule has 0 amide bonds. The van der Waals surface area contributed by atoms with Crippen molar-refractivity contribution >= 4 is 17.3 Å². The van der Waals surface area contributed by atoms with Gasteiger partial charge < -0.3 is 29.9 Å². The summed E-state index contributed by atoms with van der Waals surface area (Å²) >= 11 is 0. The molecule has 0 radical (unpaired) electrons. The molecule has 0 spiro atoms. The Bertz CT molecular complexity index is 784. The smallest absolute Gasteiger partial charge is 0.194 e. The van der Waals surface area contributed by atoms with Crippen molar-refractivity contribution in [2.24, 2.45) is 4.99 Å². The van der Waals surface area contributed by atoms with Crippen molar-refractivity contribution in [1.82, 2.24) is 10.2 Å². The first kappa shape index (κ1) is 21.8. The molecule has 0 aliphatic carbocycles. The van der Waals surface area contributed by atoms with Gasteiger partial charge in [-0.3, -0.25) is 4.99 Å². The van der Waals surface area contributed by atoms with Crippen LogP contribution in [0.1, 0.15) is 5.56 Å². The lowest BCUT2D eigenvalue weighted by atomic mass is 10.2. The lowest BCUT2D eigenvalue weighted by Crippen LogP contribution is -2.52. The maximum Gasteiger partial charge on any atom is 0.194 e. The van der Waals surface area contributed by atoms with Crippen LogP contribution in [-0.4, -0.2) is 71.5 Å². The molecule has 1 aliphatic heterocycles. The summed E-state index contributed by atoms with van der Waals surface area (Å²) in [6.45, 7) is 6.07. The molecular formula is C23H33N5O2. The highest BCUT2D eigenvalue weighted by atomic mass is 16.5. The van der Waals surface area contributed by atoms with Gasteiger partial charge in [0.2, 0.25) is 0 Å². The van der Waals surface area contributed by atoms with E-state index in [4.69, 9.17) is 9.47 Å². The summed E-state index contributed by atoms with van der Waals surface area (Å²) in [5, 5.41) is 6.83. The molecule has 2 aromatic rings. The third-order valence-corrected chi connectivity index (χ3v) is 5.27. The largest absolute Gasteiger partial charge is 0.497 e. The van der Waals surface area contributed by atoms with Crippen molar-refractivity contribution in [2.75, 3.05) is 70.8 Å². The van der Waals surface area contributed by atoms with Crippen LogP contribution in [0.25, 0.3) is 0 Å². The van der Waals surface area contributed by atoms with Gasteiger partial charge in [-0.25, -0.2) is 0 Å². The molecule has 1 saturated heterocycles. The van der Waals surface area contributed by atoms with Crippen molar-refractivity contribution in [2.45, 2.75) is 6.54 Å². The fraction of sp³-hybridized carbons (Fsp3) is 0.435. The highest BCUT2D eigenvalue weighted by Gasteiger charge is 2.19. The van der Waals surface area contributed by atoms with Crippen molar-refractivity contribution in [3.05, 3.63) is 54.1 Å². The van der Waals surface area contributed by atoms with Crippen molar-refractivity contribution in [3.63, 3.8) is 0 Å². The fourth-order valence-corrected chi connectivity index (χ4v) is 3.52. The molecule has 1 aliphatic rings. The van der Waals surface area contributed by atoms with Crippen molar-refractivity contribution in [3.8, 4) is 5.75 Å². The molecule has 7 heteroatoms. The van der Waals surface area contributed by atoms with Crippen molar-refractivity contribution < 1.29 is 9.47 Å². The van der Waals surface area contributed by atoms with Crippen LogP contribution in [0, 0.1) is 0 Å². The zero-order valence-corrected chi connectivity index (χ0v) is 18.2. The number of ether oxygens (including phenoxy) is 2. The molecule has 0 saturated carbocycles. The molecule has 0 bridgehead atoms. The molecular weight excluding hydrogens is 378 g/mol. The van der Waals surface area contributed by atoms with Gasteiger partial charge in [0, 0.05) is 64.8 Å². The second-order valence-corrected chi connectivity index (χ2v) is 7.19. The Kier molecular flexibility index (Phi) is 8.20. The molecule has 3 rings (SSSR count). The number of anilines is 2. The number of rotatable bonds is 8. The van der Waals surface area contributed by atoms with Gasteiger partial charge in [-0.1, -0.05) is 12.1 Å². The monoisotopic (exact) mass is 411 g/mol. The summed E-state index contributed by atoms with van der Waals surface area (Å²) in [7, 11) is 5.25. The van der Waals surface area contributed by atoms with E-state index in [2.05, 4.69) is 61.8 Å². The first-order valence-corrected chi connectivity index (χ1v) is 10.4. The third kappa shape index (κ3) is 6.03. The van der Waals surface area contributed by atoms with E-state index in [0.29, 0.717) is 6.61 Å². The van der Waals surface area contributed by atoms with Crippen LogP contribution in [0.5, 0.6) is 5.75 Å². The van der Waals surface area contributed by atoms with E-state index in [1.165, 1.54) is 11.3 Å². The lowest BCUT2D eigenvalue weighted by molar-refractivity contribution is 0.211. The lowest BCUT2D eigenvalue weighted by Gasteiger charge is -2.37. The first-order chi connectivity index (χ1) is 14.7. The predicted octanol–water partition coefficient (Wildman–Crippen LogP) is 2.65. The second-order valence-electron chi connectivity index (χ2n) is 7.19. The molecule has 162 valence electrons. The average Bonchev–Trinajstić information content (AvgIpc) is 2.81. The number of hydrogen-bond acceptors (Lipinski definition) is 5. The molecule has 0 atom stereocenters. The zero-order chi connectivity index (χ0) is 21.2. The Morgan fingerprint density at radius 1 is 0.967 bits per heavy atom. The summed E-state index contributed by atoms with van der Waals surface area (Å²) in [6, 6.07) is 16.7. The normalized spacial score (nSPS) is 14.6. The van der Waals surface area contributed by atoms with Crippen LogP contribution < -0.4 is 20.3 Å². The van der Waals surface area contributed by atoms with Crippen LogP contribution in [0.3, 0.4) is 0 Å². The van der Waals surface area contributed by atoms with Crippen LogP contribution in [0.4, 0.5) is 11.4 Å². The average molecular weight is 412 g/mol. The number of nitrogens with one attached hydrogen (secondary N) is 2.